The predicted octanol–water partition coefficient (Wildman–Crippen LogP) is 2.57. The molecule has 1 aromatic heterocycles. The van der Waals surface area contributed by atoms with E-state index in [2.05, 4.69) is 10.3 Å². The monoisotopic (exact) mass is 524 g/mol. The molecule has 0 aliphatic carbocycles. The Balaban J connectivity index is 2.07. The normalized spacial score (nSPS) is 20.7. The molecule has 2 atom stereocenters. The molecule has 0 spiro atoms. The number of methoxy groups -OCH3 is 1. The van der Waals surface area contributed by atoms with E-state index in [1.54, 1.807) is 0 Å². The Bertz CT molecular complexity index is 1230. The lowest BCUT2D eigenvalue weighted by molar-refractivity contribution is -0.268. The van der Waals surface area contributed by atoms with Crippen LogP contribution in [0.25, 0.3) is 0 Å². The molecule has 9 nitrogen and oxygen atoms in total. The van der Waals surface area contributed by atoms with Crippen molar-refractivity contribution in [3.8, 4) is 5.75 Å². The molecule has 192 valence electrons. The van der Waals surface area contributed by atoms with Gasteiger partial charge in [-0.15, -0.1) is 0 Å². The van der Waals surface area contributed by atoms with Crippen LogP contribution < -0.4 is 20.1 Å². The number of hydrogen-bond acceptors (Lipinski definition) is 7. The summed E-state index contributed by atoms with van der Waals surface area (Å²) in [4.78, 5) is 17.6. The topological polar surface area (TPSA) is 124 Å². The summed E-state index contributed by atoms with van der Waals surface area (Å²) < 4.78 is 104. The van der Waals surface area contributed by atoms with E-state index in [1.807, 2.05) is 0 Å². The average molecular weight is 524 g/mol. The third-order valence-electron chi connectivity index (χ3n) is 5.40. The number of nitrogens with one attached hydrogen (secondary N) is 1. The minimum atomic E-state index is -4.93. The molecule has 0 radical (unpaired) electrons. The van der Waals surface area contributed by atoms with Crippen LogP contribution in [0.4, 0.5) is 33.3 Å². The van der Waals surface area contributed by atoms with Gasteiger partial charge in [0.15, 0.2) is 22.2 Å². The molecule has 0 saturated carbocycles. The van der Waals surface area contributed by atoms with Crippen LogP contribution in [0.3, 0.4) is 0 Å². The van der Waals surface area contributed by atoms with Crippen molar-refractivity contribution in [2.24, 2.45) is 5.14 Å². The summed E-state index contributed by atoms with van der Waals surface area (Å²) in [6.45, 7) is 0.0659. The van der Waals surface area contributed by atoms with Gasteiger partial charge in [0.1, 0.15) is 6.04 Å². The van der Waals surface area contributed by atoms with Gasteiger partial charge in [0, 0.05) is 31.0 Å². The number of anilines is 2. The molecule has 2 unspecified atom stereocenters. The number of benzene rings is 1. The maximum atomic E-state index is 14.4. The lowest BCUT2D eigenvalue weighted by Crippen LogP contribution is -2.50. The van der Waals surface area contributed by atoms with Crippen LogP contribution in [0.1, 0.15) is 13.3 Å². The smallest absolute Gasteiger partial charge is 0.419 e. The van der Waals surface area contributed by atoms with E-state index in [4.69, 9.17) is 14.6 Å². The van der Waals surface area contributed by atoms with E-state index in [9.17, 15) is 35.2 Å². The molecule has 1 fully saturated rings. The number of sulfonamides is 1. The summed E-state index contributed by atoms with van der Waals surface area (Å²) in [6, 6.07) is 2.19. The van der Waals surface area contributed by atoms with Crippen molar-refractivity contribution in [3.63, 3.8) is 0 Å². The van der Waals surface area contributed by atoms with E-state index in [0.29, 0.717) is 6.07 Å². The van der Waals surface area contributed by atoms with Crippen LogP contribution in [-0.2, 0) is 19.6 Å². The summed E-state index contributed by atoms with van der Waals surface area (Å²) in [5.74, 6) is -4.45. The Morgan fingerprint density at radius 2 is 2.00 bits per heavy atom. The average Bonchev–Trinajstić information content (AvgIpc) is 3.16. The van der Waals surface area contributed by atoms with Crippen LogP contribution >= 0.6 is 0 Å². The molecule has 1 aliphatic rings. The Kier molecular flexibility index (Phi) is 7.24. The Hall–Kier alpha value is -3.04. The fourth-order valence-corrected chi connectivity index (χ4v) is 4.34. The van der Waals surface area contributed by atoms with Crippen LogP contribution in [0, 0.1) is 11.6 Å². The molecule has 35 heavy (non-hydrogen) atoms. The zero-order chi connectivity index (χ0) is 26.2. The Morgan fingerprint density at radius 1 is 1.31 bits per heavy atom. The zero-order valence-corrected chi connectivity index (χ0v) is 19.2. The molecule has 1 aromatic carbocycles. The van der Waals surface area contributed by atoms with Gasteiger partial charge in [-0.25, -0.2) is 22.9 Å². The first kappa shape index (κ1) is 26.6. The maximum Gasteiger partial charge on any atom is 0.419 e. The van der Waals surface area contributed by atoms with Crippen molar-refractivity contribution >= 4 is 27.3 Å². The first-order valence-electron chi connectivity index (χ1n) is 10.0. The number of primary sulfonamides is 1. The molecule has 3 rings (SSSR count). The summed E-state index contributed by atoms with van der Waals surface area (Å²) in [5, 5.41) is 6.75. The number of carbonyl (C=O) groups is 1. The Labute approximate surface area is 197 Å². The van der Waals surface area contributed by atoms with Crippen LogP contribution in [0.15, 0.2) is 35.5 Å². The number of halogens is 5. The number of nitrogens with zero attached hydrogens (tertiary/aromatic N) is 2. The highest BCUT2D eigenvalue weighted by Crippen LogP contribution is 2.47. The van der Waals surface area contributed by atoms with Crippen molar-refractivity contribution in [2.45, 2.75) is 36.2 Å². The van der Waals surface area contributed by atoms with Crippen LogP contribution in [-0.4, -0.2) is 57.4 Å². The molecule has 3 N–H and O–H groups in total. The molecule has 2 aromatic rings. The molecule has 1 aliphatic heterocycles. The zero-order valence-electron chi connectivity index (χ0n) is 18.4. The first-order chi connectivity index (χ1) is 16.2. The minimum absolute atomic E-state index is 0.118. The van der Waals surface area contributed by atoms with Crippen molar-refractivity contribution in [2.75, 3.05) is 30.5 Å². The second-order valence-corrected chi connectivity index (χ2v) is 9.11. The van der Waals surface area contributed by atoms with Crippen molar-refractivity contribution < 1.29 is 44.6 Å². The quantitative estimate of drug-likeness (QED) is 0.534. The minimum Gasteiger partial charge on any atom is -0.491 e. The summed E-state index contributed by atoms with van der Waals surface area (Å²) >= 11 is 0. The fraction of sp³-hybridized carbons (Fsp3) is 0.400. The highest BCUT2D eigenvalue weighted by molar-refractivity contribution is 7.89. The number of rotatable bonds is 7. The lowest BCUT2D eigenvalue weighted by Gasteiger charge is -2.32. The van der Waals surface area contributed by atoms with Gasteiger partial charge in [-0.1, -0.05) is 0 Å². The highest BCUT2D eigenvalue weighted by atomic mass is 32.2. The van der Waals surface area contributed by atoms with E-state index >= 15 is 0 Å². The van der Waals surface area contributed by atoms with Crippen molar-refractivity contribution in [3.05, 3.63) is 42.1 Å². The van der Waals surface area contributed by atoms with Gasteiger partial charge in [0.25, 0.3) is 10.0 Å². The lowest BCUT2D eigenvalue weighted by atomic mass is 9.98. The number of alkyl halides is 3. The molecule has 0 bridgehead atoms. The number of carbonyl (C=O) groups excluding carboxylic acids is 1. The standard InChI is InChI=1S/C20H21F5N4O5S/c1-3-34-19(20(23,24)25)9-14(18(30)28-11-6-7-27-15(8-11)35(26,31)32)29(10-19)13-5-4-12(21)16(22)17(13)33-2/h4-8,14H,3,9-10H2,1-2H3,(H2,26,31,32)(H,27,28,30). The van der Waals surface area contributed by atoms with Gasteiger partial charge in [-0.3, -0.25) is 4.79 Å². The van der Waals surface area contributed by atoms with Crippen molar-refractivity contribution in [1.82, 2.24) is 4.98 Å². The van der Waals surface area contributed by atoms with Crippen LogP contribution in [0.2, 0.25) is 0 Å². The number of aromatic nitrogens is 1. The second kappa shape index (κ2) is 9.54. The molecule has 1 saturated heterocycles. The third-order valence-corrected chi connectivity index (χ3v) is 6.21. The fourth-order valence-electron chi connectivity index (χ4n) is 3.84. The maximum absolute atomic E-state index is 14.4. The highest BCUT2D eigenvalue weighted by Gasteiger charge is 2.63. The van der Waals surface area contributed by atoms with Crippen molar-refractivity contribution in [1.29, 1.82) is 0 Å². The summed E-state index contributed by atoms with van der Waals surface area (Å²) in [6.07, 6.45) is -4.80. The van der Waals surface area contributed by atoms with E-state index in [-0.39, 0.29) is 18.0 Å². The van der Waals surface area contributed by atoms with Gasteiger partial charge in [0.05, 0.1) is 19.3 Å². The van der Waals surface area contributed by atoms with Gasteiger partial charge < -0.3 is 19.7 Å². The molecule has 15 heteroatoms. The number of hydrogen-bond donors (Lipinski definition) is 2. The largest absolute Gasteiger partial charge is 0.491 e. The first-order valence-corrected chi connectivity index (χ1v) is 11.6. The van der Waals surface area contributed by atoms with Gasteiger partial charge in [-0.2, -0.15) is 17.6 Å². The number of pyridine rings is 1. The van der Waals surface area contributed by atoms with E-state index in [1.165, 1.54) is 13.0 Å². The second-order valence-electron chi connectivity index (χ2n) is 7.60. The summed E-state index contributed by atoms with van der Waals surface area (Å²) in [5.41, 5.74) is -3.24. The molecule has 2 heterocycles. The number of amides is 1. The van der Waals surface area contributed by atoms with Crippen LogP contribution in [0.5, 0.6) is 5.75 Å². The third kappa shape index (κ3) is 5.16. The van der Waals surface area contributed by atoms with Gasteiger partial charge >= 0.3 is 6.18 Å². The molecule has 1 amide bonds. The Morgan fingerprint density at radius 3 is 2.57 bits per heavy atom. The van der Waals surface area contributed by atoms with E-state index < -0.39 is 69.1 Å². The summed E-state index contributed by atoms with van der Waals surface area (Å²) in [7, 11) is -3.23. The predicted molar refractivity (Wildman–Crippen MR) is 113 cm³/mol. The van der Waals surface area contributed by atoms with Gasteiger partial charge in [0.2, 0.25) is 11.7 Å². The number of ether oxygens (including phenoxy) is 2. The molecular formula is C20H21F5N4O5S. The van der Waals surface area contributed by atoms with Gasteiger partial charge in [-0.05, 0) is 25.1 Å². The van der Waals surface area contributed by atoms with E-state index in [0.717, 1.165) is 30.3 Å². The molecular weight excluding hydrogens is 503 g/mol. The number of nitrogens with two attached hydrogens (primary N) is 1. The SMILES string of the molecule is CCOC1(C(F)(F)F)CC(C(=O)Nc2ccnc(S(N)(=O)=O)c2)N(c2ccc(F)c(F)c2OC)C1.